The number of likely N-dealkylation sites (N-methyl/N-ethyl adjacent to an activating group) is 1. The molecular formula is C11H22N2O3. The molecule has 1 fully saturated rings. The van der Waals surface area contributed by atoms with E-state index < -0.39 is 0 Å². The second-order valence-corrected chi connectivity index (χ2v) is 4.51. The molecule has 5 heteroatoms. The first-order valence-electron chi connectivity index (χ1n) is 5.74. The molecule has 1 unspecified atom stereocenters. The average Bonchev–Trinajstić information content (AvgIpc) is 2.28. The molecule has 1 heterocycles. The molecule has 0 aromatic rings. The lowest BCUT2D eigenvalue weighted by Gasteiger charge is -2.36. The summed E-state index contributed by atoms with van der Waals surface area (Å²) in [6, 6.07) is 0.166. The number of rotatable bonds is 4. The minimum absolute atomic E-state index is 0.0306. The molecule has 1 saturated heterocycles. The third-order valence-corrected chi connectivity index (χ3v) is 3.02. The predicted molar refractivity (Wildman–Crippen MR) is 61.2 cm³/mol. The van der Waals surface area contributed by atoms with Crippen LogP contribution in [0.2, 0.25) is 0 Å². The monoisotopic (exact) mass is 230 g/mol. The number of aliphatic hydroxyl groups excluding tert-OH is 1. The Bertz CT molecular complexity index is 233. The maximum atomic E-state index is 12.0. The maximum Gasteiger partial charge on any atom is 0.237 e. The lowest BCUT2D eigenvalue weighted by atomic mass is 10.2. The zero-order valence-corrected chi connectivity index (χ0v) is 10.3. The van der Waals surface area contributed by atoms with E-state index in [0.29, 0.717) is 32.3 Å². The first kappa shape index (κ1) is 13.4. The van der Waals surface area contributed by atoms with Gasteiger partial charge in [0.1, 0.15) is 0 Å². The molecule has 0 bridgehead atoms. The first-order chi connectivity index (χ1) is 7.56. The third-order valence-electron chi connectivity index (χ3n) is 3.02. The van der Waals surface area contributed by atoms with Gasteiger partial charge in [0.05, 0.1) is 32.4 Å². The number of aliphatic hydroxyl groups is 1. The Morgan fingerprint density at radius 1 is 1.62 bits per heavy atom. The minimum atomic E-state index is -0.179. The fraction of sp³-hybridized carbons (Fsp3) is 0.909. The summed E-state index contributed by atoms with van der Waals surface area (Å²) in [7, 11) is 1.93. The van der Waals surface area contributed by atoms with Crippen LogP contribution in [-0.4, -0.2) is 72.9 Å². The smallest absolute Gasteiger partial charge is 0.237 e. The Kier molecular flexibility index (Phi) is 5.18. The third kappa shape index (κ3) is 3.43. The normalized spacial score (nSPS) is 21.9. The SMILES string of the molecule is CC(C)N(C)CC(=O)N1CCOCC1CO. The van der Waals surface area contributed by atoms with Crippen molar-refractivity contribution in [3.63, 3.8) is 0 Å². The van der Waals surface area contributed by atoms with Crippen molar-refractivity contribution >= 4 is 5.91 Å². The summed E-state index contributed by atoms with van der Waals surface area (Å²) in [4.78, 5) is 15.7. The molecule has 0 aromatic carbocycles. The molecule has 1 atom stereocenters. The van der Waals surface area contributed by atoms with Crippen LogP contribution in [0.15, 0.2) is 0 Å². The van der Waals surface area contributed by atoms with Crippen molar-refractivity contribution in [2.24, 2.45) is 0 Å². The van der Waals surface area contributed by atoms with Gasteiger partial charge in [-0.15, -0.1) is 0 Å². The number of amides is 1. The van der Waals surface area contributed by atoms with Gasteiger partial charge >= 0.3 is 0 Å². The lowest BCUT2D eigenvalue weighted by molar-refractivity contribution is -0.142. The van der Waals surface area contributed by atoms with Crippen molar-refractivity contribution in [1.29, 1.82) is 0 Å². The maximum absolute atomic E-state index is 12.0. The summed E-state index contributed by atoms with van der Waals surface area (Å²) in [6.07, 6.45) is 0. The Morgan fingerprint density at radius 3 is 2.88 bits per heavy atom. The van der Waals surface area contributed by atoms with Crippen LogP contribution in [0.4, 0.5) is 0 Å². The summed E-state index contributed by atoms with van der Waals surface area (Å²) in [5, 5.41) is 9.17. The number of hydrogen-bond acceptors (Lipinski definition) is 4. The molecule has 0 saturated carbocycles. The van der Waals surface area contributed by atoms with E-state index in [1.54, 1.807) is 4.90 Å². The van der Waals surface area contributed by atoms with Crippen LogP contribution < -0.4 is 0 Å². The van der Waals surface area contributed by atoms with Crippen LogP contribution in [0.3, 0.4) is 0 Å². The highest BCUT2D eigenvalue weighted by atomic mass is 16.5. The Hall–Kier alpha value is -0.650. The van der Waals surface area contributed by atoms with Crippen molar-refractivity contribution in [2.45, 2.75) is 25.9 Å². The van der Waals surface area contributed by atoms with Gasteiger partial charge < -0.3 is 14.7 Å². The second kappa shape index (κ2) is 6.18. The zero-order chi connectivity index (χ0) is 12.1. The van der Waals surface area contributed by atoms with Crippen LogP contribution in [-0.2, 0) is 9.53 Å². The number of carbonyl (C=O) groups excluding carboxylic acids is 1. The minimum Gasteiger partial charge on any atom is -0.394 e. The van der Waals surface area contributed by atoms with E-state index in [2.05, 4.69) is 13.8 Å². The van der Waals surface area contributed by atoms with E-state index in [-0.39, 0.29) is 18.6 Å². The fourth-order valence-electron chi connectivity index (χ4n) is 1.62. The molecule has 1 amide bonds. The number of hydrogen-bond donors (Lipinski definition) is 1. The van der Waals surface area contributed by atoms with E-state index in [9.17, 15) is 4.79 Å². The van der Waals surface area contributed by atoms with Gasteiger partial charge in [-0.3, -0.25) is 9.69 Å². The van der Waals surface area contributed by atoms with E-state index in [1.807, 2.05) is 11.9 Å². The van der Waals surface area contributed by atoms with E-state index in [4.69, 9.17) is 9.84 Å². The Labute approximate surface area is 97.0 Å². The predicted octanol–water partition coefficient (Wildman–Crippen LogP) is -0.454. The largest absolute Gasteiger partial charge is 0.394 e. The highest BCUT2D eigenvalue weighted by Gasteiger charge is 2.27. The summed E-state index contributed by atoms with van der Waals surface area (Å²) in [5.41, 5.74) is 0. The topological polar surface area (TPSA) is 53.0 Å². The van der Waals surface area contributed by atoms with Crippen LogP contribution in [0, 0.1) is 0 Å². The van der Waals surface area contributed by atoms with Gasteiger partial charge in [-0.2, -0.15) is 0 Å². The highest BCUT2D eigenvalue weighted by molar-refractivity contribution is 5.78. The molecule has 1 aliphatic rings. The number of morpholine rings is 1. The molecular weight excluding hydrogens is 208 g/mol. The first-order valence-corrected chi connectivity index (χ1v) is 5.74. The van der Waals surface area contributed by atoms with Crippen molar-refractivity contribution in [3.8, 4) is 0 Å². The molecule has 0 radical (unpaired) electrons. The molecule has 0 spiro atoms. The summed E-state index contributed by atoms with van der Waals surface area (Å²) >= 11 is 0. The molecule has 16 heavy (non-hydrogen) atoms. The van der Waals surface area contributed by atoms with Gasteiger partial charge in [0.25, 0.3) is 0 Å². The van der Waals surface area contributed by atoms with Crippen molar-refractivity contribution < 1.29 is 14.6 Å². The van der Waals surface area contributed by atoms with Crippen LogP contribution >= 0.6 is 0 Å². The van der Waals surface area contributed by atoms with Crippen molar-refractivity contribution in [3.05, 3.63) is 0 Å². The number of ether oxygens (including phenoxy) is 1. The van der Waals surface area contributed by atoms with E-state index >= 15 is 0 Å². The number of nitrogens with zero attached hydrogens (tertiary/aromatic N) is 2. The van der Waals surface area contributed by atoms with Crippen LogP contribution in [0.1, 0.15) is 13.8 Å². The van der Waals surface area contributed by atoms with Crippen LogP contribution in [0.5, 0.6) is 0 Å². The zero-order valence-electron chi connectivity index (χ0n) is 10.3. The van der Waals surface area contributed by atoms with Gasteiger partial charge in [-0.25, -0.2) is 0 Å². The number of carbonyl (C=O) groups is 1. The molecule has 0 aliphatic carbocycles. The average molecular weight is 230 g/mol. The second-order valence-electron chi connectivity index (χ2n) is 4.51. The standard InChI is InChI=1S/C11H22N2O3/c1-9(2)12(3)6-11(15)13-4-5-16-8-10(13)7-14/h9-10,14H,4-8H2,1-3H3. The van der Waals surface area contributed by atoms with Crippen molar-refractivity contribution in [1.82, 2.24) is 9.80 Å². The highest BCUT2D eigenvalue weighted by Crippen LogP contribution is 2.07. The quantitative estimate of drug-likeness (QED) is 0.710. The molecule has 1 rings (SSSR count). The van der Waals surface area contributed by atoms with Gasteiger partial charge in [0.15, 0.2) is 0 Å². The van der Waals surface area contributed by atoms with E-state index in [0.717, 1.165) is 0 Å². The van der Waals surface area contributed by atoms with E-state index in [1.165, 1.54) is 0 Å². The molecule has 5 nitrogen and oxygen atoms in total. The van der Waals surface area contributed by atoms with Gasteiger partial charge in [0, 0.05) is 12.6 Å². The molecule has 0 aromatic heterocycles. The molecule has 94 valence electrons. The molecule has 1 N–H and O–H groups in total. The summed E-state index contributed by atoms with van der Waals surface area (Å²) in [5.74, 6) is 0.0681. The summed E-state index contributed by atoms with van der Waals surface area (Å²) in [6.45, 7) is 6.05. The van der Waals surface area contributed by atoms with Crippen LogP contribution in [0.25, 0.3) is 0 Å². The lowest BCUT2D eigenvalue weighted by Crippen LogP contribution is -2.53. The van der Waals surface area contributed by atoms with Crippen molar-refractivity contribution in [2.75, 3.05) is 40.0 Å². The fourth-order valence-corrected chi connectivity index (χ4v) is 1.62. The van der Waals surface area contributed by atoms with Gasteiger partial charge in [-0.1, -0.05) is 0 Å². The molecule has 1 aliphatic heterocycles. The van der Waals surface area contributed by atoms with Gasteiger partial charge in [0.2, 0.25) is 5.91 Å². The summed E-state index contributed by atoms with van der Waals surface area (Å²) < 4.78 is 5.24. The Morgan fingerprint density at radius 2 is 2.31 bits per heavy atom. The van der Waals surface area contributed by atoms with Gasteiger partial charge in [-0.05, 0) is 20.9 Å². The Balaban J connectivity index is 2.50.